The molecule has 1 unspecified atom stereocenters. The van der Waals surface area contributed by atoms with Crippen LogP contribution in [0.3, 0.4) is 0 Å². The predicted octanol–water partition coefficient (Wildman–Crippen LogP) is 2.94. The van der Waals surface area contributed by atoms with Gasteiger partial charge in [0.05, 0.1) is 22.1 Å². The van der Waals surface area contributed by atoms with Crippen LogP contribution in [0.25, 0.3) is 16.8 Å². The Bertz CT molecular complexity index is 1160. The Hall–Kier alpha value is -2.50. The Morgan fingerprint density at radius 3 is 2.36 bits per heavy atom. The van der Waals surface area contributed by atoms with Crippen molar-refractivity contribution in [3.63, 3.8) is 0 Å². The molecule has 28 heavy (non-hydrogen) atoms. The average molecular weight is 429 g/mol. The summed E-state index contributed by atoms with van der Waals surface area (Å²) >= 11 is 0. The van der Waals surface area contributed by atoms with E-state index in [1.165, 1.54) is 36.8 Å². The van der Waals surface area contributed by atoms with Crippen LogP contribution in [-0.4, -0.2) is 28.7 Å². The lowest BCUT2D eigenvalue weighted by Gasteiger charge is -2.19. The molecular weight excluding hydrogens is 415 g/mol. The number of primary sulfonamides is 1. The van der Waals surface area contributed by atoms with E-state index in [1.54, 1.807) is 12.1 Å². The summed E-state index contributed by atoms with van der Waals surface area (Å²) in [6.45, 7) is 0. The maximum absolute atomic E-state index is 13.8. The van der Waals surface area contributed by atoms with Crippen LogP contribution in [0, 0.1) is 0 Å². The van der Waals surface area contributed by atoms with E-state index in [4.69, 9.17) is 5.14 Å². The first-order valence-electron chi connectivity index (χ1n) is 7.71. The van der Waals surface area contributed by atoms with Crippen molar-refractivity contribution >= 4 is 20.8 Å². The fraction of sp³-hybridized carbons (Fsp3) is 0.118. The van der Waals surface area contributed by atoms with Crippen LogP contribution in [0.2, 0.25) is 0 Å². The minimum atomic E-state index is -4.89. The quantitative estimate of drug-likeness (QED) is 0.690. The third-order valence-corrected chi connectivity index (χ3v) is 5.83. The van der Waals surface area contributed by atoms with Crippen molar-refractivity contribution in [3.8, 4) is 16.8 Å². The largest absolute Gasteiger partial charge is 0.418 e. The molecule has 0 radical (unpaired) electrons. The van der Waals surface area contributed by atoms with Crippen LogP contribution in [0.5, 0.6) is 0 Å². The predicted molar refractivity (Wildman–Crippen MR) is 97.7 cm³/mol. The first-order chi connectivity index (χ1) is 13.0. The van der Waals surface area contributed by atoms with Gasteiger partial charge in [-0.1, -0.05) is 18.2 Å². The number of rotatable bonds is 4. The van der Waals surface area contributed by atoms with Gasteiger partial charge in [-0.25, -0.2) is 18.2 Å². The molecule has 2 N–H and O–H groups in total. The number of benzene rings is 2. The molecule has 148 valence electrons. The minimum Gasteiger partial charge on any atom is -0.255 e. The third kappa shape index (κ3) is 3.86. The maximum Gasteiger partial charge on any atom is 0.418 e. The van der Waals surface area contributed by atoms with Gasteiger partial charge in [-0.15, -0.1) is 0 Å². The number of hydrogen-bond donors (Lipinski definition) is 1. The van der Waals surface area contributed by atoms with Crippen molar-refractivity contribution in [2.45, 2.75) is 16.0 Å². The standard InChI is InChI=1S/C17H14F3N3O3S2/c1-27(24)14-6-3-2-5-12(14)11-9-13(17(18,19)20)16(23-8-4-7-22-23)15(10-11)28(21,25)26/h2-10H,1H3,(H2,21,25,26). The van der Waals surface area contributed by atoms with Crippen molar-refractivity contribution in [2.75, 3.05) is 6.26 Å². The highest BCUT2D eigenvalue weighted by Gasteiger charge is 2.38. The van der Waals surface area contributed by atoms with Crippen molar-refractivity contribution in [3.05, 3.63) is 60.4 Å². The van der Waals surface area contributed by atoms with Crippen molar-refractivity contribution in [1.82, 2.24) is 9.78 Å². The summed E-state index contributed by atoms with van der Waals surface area (Å²) < 4.78 is 78.5. The van der Waals surface area contributed by atoms with Gasteiger partial charge in [-0.2, -0.15) is 18.3 Å². The van der Waals surface area contributed by atoms with Crippen LogP contribution < -0.4 is 5.14 Å². The van der Waals surface area contributed by atoms with Gasteiger partial charge in [0.1, 0.15) is 4.90 Å². The molecule has 0 bridgehead atoms. The molecule has 0 amide bonds. The fourth-order valence-electron chi connectivity index (χ4n) is 2.79. The Morgan fingerprint density at radius 2 is 1.82 bits per heavy atom. The topological polar surface area (TPSA) is 95.0 Å². The molecule has 0 fully saturated rings. The van der Waals surface area contributed by atoms with Gasteiger partial charge in [-0.05, 0) is 35.4 Å². The zero-order chi connectivity index (χ0) is 20.7. The Kier molecular flexibility index (Phi) is 5.17. The number of alkyl halides is 3. The summed E-state index contributed by atoms with van der Waals surface area (Å²) in [5, 5.41) is 8.96. The number of nitrogens with zero attached hydrogens (tertiary/aromatic N) is 2. The van der Waals surface area contributed by atoms with E-state index in [9.17, 15) is 25.8 Å². The molecule has 0 aliphatic heterocycles. The lowest BCUT2D eigenvalue weighted by atomic mass is 10.0. The summed E-state index contributed by atoms with van der Waals surface area (Å²) in [5.41, 5.74) is -1.78. The maximum atomic E-state index is 13.8. The van der Waals surface area contributed by atoms with Crippen molar-refractivity contribution in [2.24, 2.45) is 5.14 Å². The lowest BCUT2D eigenvalue weighted by Crippen LogP contribution is -2.20. The first kappa shape index (κ1) is 20.2. The summed E-state index contributed by atoms with van der Waals surface area (Å²) in [6, 6.07) is 9.30. The monoisotopic (exact) mass is 429 g/mol. The smallest absolute Gasteiger partial charge is 0.255 e. The van der Waals surface area contributed by atoms with Gasteiger partial charge in [0.15, 0.2) is 0 Å². The molecule has 11 heteroatoms. The minimum absolute atomic E-state index is 0.0712. The summed E-state index contributed by atoms with van der Waals surface area (Å²) in [6.07, 6.45) is -1.11. The molecule has 6 nitrogen and oxygen atoms in total. The van der Waals surface area contributed by atoms with Crippen LogP contribution in [0.15, 0.2) is 64.6 Å². The Labute approximate surface area is 161 Å². The molecule has 3 aromatic rings. The van der Waals surface area contributed by atoms with E-state index in [1.807, 2.05) is 0 Å². The summed E-state index contributed by atoms with van der Waals surface area (Å²) in [7, 11) is -6.05. The first-order valence-corrected chi connectivity index (χ1v) is 10.8. The molecule has 1 atom stereocenters. The molecular formula is C17H14F3N3O3S2. The normalized spacial score (nSPS) is 13.5. The van der Waals surface area contributed by atoms with E-state index in [0.29, 0.717) is 0 Å². The van der Waals surface area contributed by atoms with Gasteiger partial charge in [0, 0.05) is 23.5 Å². The van der Waals surface area contributed by atoms with E-state index >= 15 is 0 Å². The van der Waals surface area contributed by atoms with Gasteiger partial charge in [-0.3, -0.25) is 4.21 Å². The highest BCUT2D eigenvalue weighted by Crippen LogP contribution is 2.40. The molecule has 0 saturated carbocycles. The lowest BCUT2D eigenvalue weighted by molar-refractivity contribution is -0.137. The Morgan fingerprint density at radius 1 is 1.14 bits per heavy atom. The van der Waals surface area contributed by atoms with Crippen LogP contribution >= 0.6 is 0 Å². The van der Waals surface area contributed by atoms with Crippen LogP contribution in [-0.2, 0) is 27.0 Å². The molecule has 0 aliphatic carbocycles. The van der Waals surface area contributed by atoms with E-state index < -0.39 is 43.1 Å². The van der Waals surface area contributed by atoms with Crippen molar-refractivity contribution < 1.29 is 25.8 Å². The second-order valence-electron chi connectivity index (χ2n) is 5.81. The molecule has 1 heterocycles. The van der Waals surface area contributed by atoms with Gasteiger partial charge in [0.25, 0.3) is 0 Å². The highest BCUT2D eigenvalue weighted by molar-refractivity contribution is 7.89. The number of aromatic nitrogens is 2. The second-order valence-corrected chi connectivity index (χ2v) is 8.69. The fourth-order valence-corrected chi connectivity index (χ4v) is 4.32. The number of halogens is 3. The molecule has 0 aliphatic rings. The second kappa shape index (κ2) is 7.15. The van der Waals surface area contributed by atoms with Gasteiger partial charge < -0.3 is 0 Å². The number of sulfonamides is 1. The van der Waals surface area contributed by atoms with E-state index in [0.717, 1.165) is 16.8 Å². The average Bonchev–Trinajstić information content (AvgIpc) is 3.13. The highest BCUT2D eigenvalue weighted by atomic mass is 32.2. The van der Waals surface area contributed by atoms with E-state index in [-0.39, 0.29) is 16.0 Å². The molecule has 0 spiro atoms. The molecule has 2 aromatic carbocycles. The van der Waals surface area contributed by atoms with Gasteiger partial charge >= 0.3 is 6.18 Å². The van der Waals surface area contributed by atoms with Crippen LogP contribution in [0.1, 0.15) is 5.56 Å². The summed E-state index contributed by atoms with van der Waals surface area (Å²) in [4.78, 5) is -0.472. The molecule has 3 rings (SSSR count). The SMILES string of the molecule is CS(=O)c1ccccc1-c1cc(C(F)(F)F)c(-n2cccn2)c(S(N)(=O)=O)c1. The van der Waals surface area contributed by atoms with Crippen LogP contribution in [0.4, 0.5) is 13.2 Å². The third-order valence-electron chi connectivity index (χ3n) is 3.93. The zero-order valence-electron chi connectivity index (χ0n) is 14.3. The van der Waals surface area contributed by atoms with E-state index in [2.05, 4.69) is 5.10 Å². The molecule has 1 aromatic heterocycles. The van der Waals surface area contributed by atoms with Gasteiger partial charge in [0.2, 0.25) is 10.0 Å². The number of hydrogen-bond acceptors (Lipinski definition) is 4. The summed E-state index contributed by atoms with van der Waals surface area (Å²) in [5.74, 6) is 0. The number of nitrogens with two attached hydrogens (primary N) is 1. The molecule has 0 saturated heterocycles. The Balaban J connectivity index is 2.46. The zero-order valence-corrected chi connectivity index (χ0v) is 16.0. The van der Waals surface area contributed by atoms with Crippen molar-refractivity contribution in [1.29, 1.82) is 0 Å².